The van der Waals surface area contributed by atoms with Gasteiger partial charge in [-0.1, -0.05) is 0 Å². The summed E-state index contributed by atoms with van der Waals surface area (Å²) in [6.45, 7) is 5.75. The number of aromatic nitrogens is 4. The summed E-state index contributed by atoms with van der Waals surface area (Å²) in [5.74, 6) is 2.44. The Kier molecular flexibility index (Phi) is 5.45. The molecule has 2 aliphatic rings. The molecule has 0 bridgehead atoms. The van der Waals surface area contributed by atoms with E-state index in [4.69, 9.17) is 4.74 Å². The molecular weight excluding hydrogens is 344 g/mol. The molecule has 8 nitrogen and oxygen atoms in total. The van der Waals surface area contributed by atoms with Gasteiger partial charge in [0.1, 0.15) is 11.6 Å². The number of pyridine rings is 1. The Bertz CT molecular complexity index is 764. The molecule has 0 spiro atoms. The summed E-state index contributed by atoms with van der Waals surface area (Å²) in [6, 6.07) is 3.62. The normalized spacial score (nSPS) is 19.4. The quantitative estimate of drug-likeness (QED) is 0.801. The third-order valence-electron chi connectivity index (χ3n) is 5.52. The van der Waals surface area contributed by atoms with Crippen LogP contribution in [0.1, 0.15) is 40.8 Å². The molecule has 4 heterocycles. The number of carbonyl (C=O) groups is 1. The van der Waals surface area contributed by atoms with Gasteiger partial charge in [0.05, 0.1) is 25.3 Å². The first-order valence-corrected chi connectivity index (χ1v) is 9.60. The van der Waals surface area contributed by atoms with Crippen molar-refractivity contribution in [2.75, 3.05) is 39.4 Å². The lowest BCUT2D eigenvalue weighted by atomic mass is 9.95. The van der Waals surface area contributed by atoms with E-state index in [9.17, 15) is 4.79 Å². The fourth-order valence-electron chi connectivity index (χ4n) is 3.84. The van der Waals surface area contributed by atoms with Crippen molar-refractivity contribution in [3.63, 3.8) is 0 Å². The number of carbonyl (C=O) groups excluding carboxylic acids is 1. The van der Waals surface area contributed by atoms with E-state index in [0.717, 1.165) is 70.4 Å². The summed E-state index contributed by atoms with van der Waals surface area (Å²) in [4.78, 5) is 20.9. The number of hydrogen-bond acceptors (Lipinski definition) is 6. The molecule has 0 aliphatic carbocycles. The maximum Gasteiger partial charge on any atom is 0.255 e. The van der Waals surface area contributed by atoms with Crippen LogP contribution in [0.25, 0.3) is 0 Å². The second kappa shape index (κ2) is 8.14. The van der Waals surface area contributed by atoms with E-state index >= 15 is 0 Å². The van der Waals surface area contributed by atoms with Crippen molar-refractivity contribution in [1.29, 1.82) is 0 Å². The minimum absolute atomic E-state index is 0.0625. The van der Waals surface area contributed by atoms with Gasteiger partial charge in [-0.2, -0.15) is 0 Å². The van der Waals surface area contributed by atoms with Gasteiger partial charge >= 0.3 is 0 Å². The van der Waals surface area contributed by atoms with Gasteiger partial charge < -0.3 is 14.2 Å². The molecule has 27 heavy (non-hydrogen) atoms. The van der Waals surface area contributed by atoms with Crippen molar-refractivity contribution in [2.24, 2.45) is 7.05 Å². The number of amides is 1. The average molecular weight is 370 g/mol. The zero-order valence-corrected chi connectivity index (χ0v) is 15.8. The molecule has 1 amide bonds. The van der Waals surface area contributed by atoms with Gasteiger partial charge in [0, 0.05) is 51.5 Å². The van der Waals surface area contributed by atoms with E-state index in [0.29, 0.717) is 11.5 Å². The van der Waals surface area contributed by atoms with Crippen LogP contribution in [0.3, 0.4) is 0 Å². The van der Waals surface area contributed by atoms with Crippen LogP contribution in [0.5, 0.6) is 0 Å². The highest BCUT2D eigenvalue weighted by atomic mass is 16.5. The Labute approximate surface area is 159 Å². The number of morpholine rings is 1. The van der Waals surface area contributed by atoms with Crippen molar-refractivity contribution in [2.45, 2.75) is 25.3 Å². The Hall–Kier alpha value is -2.32. The number of hydrogen-bond donors (Lipinski definition) is 0. The lowest BCUT2D eigenvalue weighted by Gasteiger charge is -2.31. The van der Waals surface area contributed by atoms with Gasteiger partial charge in [-0.25, -0.2) is 0 Å². The largest absolute Gasteiger partial charge is 0.379 e. The predicted octanol–water partition coefficient (Wildman–Crippen LogP) is 1.06. The van der Waals surface area contributed by atoms with Crippen molar-refractivity contribution < 1.29 is 9.53 Å². The molecule has 0 aromatic carbocycles. The zero-order valence-electron chi connectivity index (χ0n) is 15.8. The van der Waals surface area contributed by atoms with Crippen LogP contribution in [0, 0.1) is 0 Å². The molecule has 144 valence electrons. The molecule has 2 aliphatic heterocycles. The molecule has 2 saturated heterocycles. The third-order valence-corrected chi connectivity index (χ3v) is 5.52. The second-order valence-electron chi connectivity index (χ2n) is 7.23. The van der Waals surface area contributed by atoms with Crippen molar-refractivity contribution in [3.05, 3.63) is 41.7 Å². The van der Waals surface area contributed by atoms with Crippen LogP contribution in [0.4, 0.5) is 0 Å². The molecule has 0 atom stereocenters. The highest BCUT2D eigenvalue weighted by molar-refractivity contribution is 5.93. The van der Waals surface area contributed by atoms with Crippen LogP contribution < -0.4 is 0 Å². The van der Waals surface area contributed by atoms with Crippen LogP contribution >= 0.6 is 0 Å². The third kappa shape index (κ3) is 4.01. The van der Waals surface area contributed by atoms with Gasteiger partial charge in [-0.05, 0) is 25.0 Å². The molecular formula is C19H26N6O2. The first-order chi connectivity index (χ1) is 13.2. The highest BCUT2D eigenvalue weighted by Crippen LogP contribution is 2.27. The van der Waals surface area contributed by atoms with E-state index in [-0.39, 0.29) is 5.91 Å². The molecule has 2 fully saturated rings. The molecule has 0 saturated carbocycles. The fourth-order valence-corrected chi connectivity index (χ4v) is 3.84. The molecule has 0 N–H and O–H groups in total. The van der Waals surface area contributed by atoms with Crippen LogP contribution in [0.15, 0.2) is 24.5 Å². The van der Waals surface area contributed by atoms with E-state index in [1.165, 1.54) is 0 Å². The number of ether oxygens (including phenoxy) is 1. The number of piperidine rings is 1. The van der Waals surface area contributed by atoms with Crippen LogP contribution in [-0.2, 0) is 18.3 Å². The lowest BCUT2D eigenvalue weighted by Crippen LogP contribution is -2.38. The minimum atomic E-state index is 0.0625. The Morgan fingerprint density at radius 3 is 2.67 bits per heavy atom. The standard InChI is InChI=1S/C19H26N6O2/c1-23-17(14-24-9-11-27-12-10-24)21-22-18(23)15-4-7-25(8-5-15)19(26)16-3-2-6-20-13-16/h2-3,6,13,15H,4-5,7-12,14H2,1H3. The molecule has 8 heteroatoms. The summed E-state index contributed by atoms with van der Waals surface area (Å²) in [6.07, 6.45) is 5.14. The zero-order chi connectivity index (χ0) is 18.6. The van der Waals surface area contributed by atoms with Crippen LogP contribution in [0.2, 0.25) is 0 Å². The minimum Gasteiger partial charge on any atom is -0.379 e. The lowest BCUT2D eigenvalue weighted by molar-refractivity contribution is 0.0326. The van der Waals surface area contributed by atoms with Gasteiger partial charge in [-0.15, -0.1) is 10.2 Å². The molecule has 2 aromatic rings. The smallest absolute Gasteiger partial charge is 0.255 e. The second-order valence-corrected chi connectivity index (χ2v) is 7.23. The number of likely N-dealkylation sites (tertiary alicyclic amines) is 1. The van der Waals surface area contributed by atoms with Crippen LogP contribution in [-0.4, -0.2) is 74.8 Å². The Morgan fingerprint density at radius 2 is 1.96 bits per heavy atom. The summed E-state index contributed by atoms with van der Waals surface area (Å²) in [5, 5.41) is 8.90. The Morgan fingerprint density at radius 1 is 1.19 bits per heavy atom. The van der Waals surface area contributed by atoms with Gasteiger partial charge in [0.25, 0.3) is 5.91 Å². The van der Waals surface area contributed by atoms with Crippen molar-refractivity contribution in [3.8, 4) is 0 Å². The van der Waals surface area contributed by atoms with E-state index < -0.39 is 0 Å². The molecule has 0 radical (unpaired) electrons. The average Bonchev–Trinajstić information content (AvgIpc) is 3.09. The Balaban J connectivity index is 1.36. The number of nitrogens with zero attached hydrogens (tertiary/aromatic N) is 6. The molecule has 4 rings (SSSR count). The number of rotatable bonds is 4. The molecule has 0 unspecified atom stereocenters. The summed E-state index contributed by atoms with van der Waals surface area (Å²) >= 11 is 0. The maximum absolute atomic E-state index is 12.6. The van der Waals surface area contributed by atoms with E-state index in [2.05, 4.69) is 31.7 Å². The highest BCUT2D eigenvalue weighted by Gasteiger charge is 2.28. The predicted molar refractivity (Wildman–Crippen MR) is 99.2 cm³/mol. The van der Waals surface area contributed by atoms with Gasteiger partial charge in [0.15, 0.2) is 0 Å². The fraction of sp³-hybridized carbons (Fsp3) is 0.579. The van der Waals surface area contributed by atoms with Crippen molar-refractivity contribution in [1.82, 2.24) is 29.5 Å². The first-order valence-electron chi connectivity index (χ1n) is 9.60. The summed E-state index contributed by atoms with van der Waals surface area (Å²) < 4.78 is 7.55. The van der Waals surface area contributed by atoms with Crippen molar-refractivity contribution >= 4 is 5.91 Å². The summed E-state index contributed by atoms with van der Waals surface area (Å²) in [7, 11) is 2.05. The topological polar surface area (TPSA) is 76.4 Å². The van der Waals surface area contributed by atoms with E-state index in [1.54, 1.807) is 18.5 Å². The first kappa shape index (κ1) is 18.1. The molecule has 2 aromatic heterocycles. The van der Waals surface area contributed by atoms with Gasteiger partial charge in [0.2, 0.25) is 0 Å². The monoisotopic (exact) mass is 370 g/mol. The maximum atomic E-state index is 12.6. The summed E-state index contributed by atoms with van der Waals surface area (Å²) in [5.41, 5.74) is 0.655. The van der Waals surface area contributed by atoms with Gasteiger partial charge in [-0.3, -0.25) is 14.7 Å². The SMILES string of the molecule is Cn1c(CN2CCOCC2)nnc1C1CCN(C(=O)c2cccnc2)CC1. The van der Waals surface area contributed by atoms with E-state index in [1.807, 2.05) is 11.0 Å².